The number of carboxylic acids is 1. The zero-order chi connectivity index (χ0) is 13.1. The quantitative estimate of drug-likeness (QED) is 0.789. The second-order valence-corrected chi connectivity index (χ2v) is 4.00. The number of aliphatic carboxylic acids is 1. The predicted octanol–water partition coefficient (Wildman–Crippen LogP) is 0.535. The zero-order valence-corrected chi connectivity index (χ0v) is 9.57. The summed E-state index contributed by atoms with van der Waals surface area (Å²) in [5, 5.41) is 8.63. The van der Waals surface area contributed by atoms with Crippen molar-refractivity contribution in [3.05, 3.63) is 35.9 Å². The highest BCUT2D eigenvalue weighted by atomic mass is 16.4. The molecule has 1 heterocycles. The maximum Gasteiger partial charge on any atom is 0.328 e. The van der Waals surface area contributed by atoms with E-state index in [1.807, 2.05) is 18.2 Å². The van der Waals surface area contributed by atoms with Crippen molar-refractivity contribution in [1.29, 1.82) is 0 Å². The summed E-state index contributed by atoms with van der Waals surface area (Å²) in [7, 11) is 0. The molecule has 6 nitrogen and oxygen atoms in total. The number of rotatable bonds is 4. The summed E-state index contributed by atoms with van der Waals surface area (Å²) in [6.07, 6.45) is 0. The van der Waals surface area contributed by atoms with E-state index in [4.69, 9.17) is 5.11 Å². The van der Waals surface area contributed by atoms with Crippen LogP contribution in [0, 0.1) is 0 Å². The van der Waals surface area contributed by atoms with Crippen molar-refractivity contribution in [2.75, 3.05) is 13.1 Å². The van der Waals surface area contributed by atoms with Crippen molar-refractivity contribution >= 4 is 17.9 Å². The molecule has 1 aliphatic rings. The number of carbonyl (C=O) groups excluding carboxylic acids is 2. The highest BCUT2D eigenvalue weighted by Gasteiger charge is 2.36. The molecule has 1 aliphatic heterocycles. The van der Waals surface area contributed by atoms with Gasteiger partial charge in [-0.2, -0.15) is 0 Å². The molecule has 1 fully saturated rings. The van der Waals surface area contributed by atoms with Crippen LogP contribution in [-0.4, -0.2) is 45.9 Å². The largest absolute Gasteiger partial charge is 0.480 e. The van der Waals surface area contributed by atoms with E-state index in [2.05, 4.69) is 0 Å². The van der Waals surface area contributed by atoms with Gasteiger partial charge in [-0.25, -0.2) is 4.79 Å². The Morgan fingerprint density at radius 1 is 1.22 bits per heavy atom. The summed E-state index contributed by atoms with van der Waals surface area (Å²) < 4.78 is 0. The van der Waals surface area contributed by atoms with Crippen molar-refractivity contribution < 1.29 is 19.5 Å². The Morgan fingerprint density at radius 3 is 2.50 bits per heavy atom. The maximum absolute atomic E-state index is 11.8. The number of hydrogen-bond donors (Lipinski definition) is 1. The van der Waals surface area contributed by atoms with Gasteiger partial charge in [0.2, 0.25) is 0 Å². The van der Waals surface area contributed by atoms with E-state index in [-0.39, 0.29) is 19.0 Å². The van der Waals surface area contributed by atoms with Crippen molar-refractivity contribution in [2.24, 2.45) is 0 Å². The third-order valence-corrected chi connectivity index (χ3v) is 2.64. The first kappa shape index (κ1) is 12.1. The number of imide groups is 1. The van der Waals surface area contributed by atoms with E-state index >= 15 is 0 Å². The minimum absolute atomic E-state index is 0.169. The van der Waals surface area contributed by atoms with Crippen LogP contribution >= 0.6 is 0 Å². The third-order valence-electron chi connectivity index (χ3n) is 2.64. The molecule has 0 bridgehead atoms. The topological polar surface area (TPSA) is 77.9 Å². The van der Waals surface area contributed by atoms with Crippen molar-refractivity contribution in [3.8, 4) is 0 Å². The van der Waals surface area contributed by atoms with Gasteiger partial charge in [0, 0.05) is 0 Å². The number of benzene rings is 1. The molecule has 1 aromatic carbocycles. The fraction of sp³-hybridized carbons (Fsp3) is 0.250. The van der Waals surface area contributed by atoms with Gasteiger partial charge in [-0.3, -0.25) is 14.5 Å². The SMILES string of the molecule is O=C(O)CN1CC(=O)N(Cc2ccccc2)C1=O. The second-order valence-electron chi connectivity index (χ2n) is 4.00. The van der Waals surface area contributed by atoms with Gasteiger partial charge in [-0.05, 0) is 5.56 Å². The van der Waals surface area contributed by atoms with Crippen LogP contribution in [0.2, 0.25) is 0 Å². The fourth-order valence-electron chi connectivity index (χ4n) is 1.80. The molecule has 0 spiro atoms. The molecular formula is C12H12N2O4. The lowest BCUT2D eigenvalue weighted by Crippen LogP contribution is -2.35. The minimum Gasteiger partial charge on any atom is -0.480 e. The standard InChI is InChI=1S/C12H12N2O4/c15-10-7-13(8-11(16)17)12(18)14(10)6-9-4-2-1-3-5-9/h1-5H,6-8H2,(H,16,17). The molecule has 0 atom stereocenters. The van der Waals surface area contributed by atoms with Crippen LogP contribution in [0.25, 0.3) is 0 Å². The first-order valence-corrected chi connectivity index (χ1v) is 5.43. The molecule has 0 aliphatic carbocycles. The molecule has 3 amide bonds. The van der Waals surface area contributed by atoms with Crippen LogP contribution in [0.3, 0.4) is 0 Å². The highest BCUT2D eigenvalue weighted by molar-refractivity contribution is 6.02. The van der Waals surface area contributed by atoms with Crippen LogP contribution < -0.4 is 0 Å². The summed E-state index contributed by atoms with van der Waals surface area (Å²) in [4.78, 5) is 36.1. The third kappa shape index (κ3) is 2.48. The molecule has 0 unspecified atom stereocenters. The lowest BCUT2D eigenvalue weighted by atomic mass is 10.2. The van der Waals surface area contributed by atoms with E-state index < -0.39 is 18.5 Å². The molecule has 94 valence electrons. The smallest absolute Gasteiger partial charge is 0.328 e. The van der Waals surface area contributed by atoms with E-state index in [1.54, 1.807) is 12.1 Å². The van der Waals surface area contributed by atoms with E-state index in [0.29, 0.717) is 0 Å². The molecule has 6 heteroatoms. The average Bonchev–Trinajstić information content (AvgIpc) is 2.58. The summed E-state index contributed by atoms with van der Waals surface area (Å²) in [5.74, 6) is -1.50. The number of urea groups is 1. The van der Waals surface area contributed by atoms with Crippen LogP contribution in [0.5, 0.6) is 0 Å². The first-order valence-electron chi connectivity index (χ1n) is 5.43. The van der Waals surface area contributed by atoms with Crippen molar-refractivity contribution in [1.82, 2.24) is 9.80 Å². The summed E-state index contributed by atoms with van der Waals surface area (Å²) in [6, 6.07) is 8.53. The Kier molecular flexibility index (Phi) is 3.27. The summed E-state index contributed by atoms with van der Waals surface area (Å²) >= 11 is 0. The molecule has 1 N–H and O–H groups in total. The summed E-state index contributed by atoms with van der Waals surface area (Å²) in [5.41, 5.74) is 0.830. The minimum atomic E-state index is -1.13. The first-order chi connectivity index (χ1) is 8.58. The van der Waals surface area contributed by atoms with Crippen molar-refractivity contribution in [2.45, 2.75) is 6.54 Å². The molecule has 1 saturated heterocycles. The number of hydrogen-bond acceptors (Lipinski definition) is 3. The lowest BCUT2D eigenvalue weighted by Gasteiger charge is -2.15. The Bertz CT molecular complexity index is 486. The van der Waals surface area contributed by atoms with Crippen LogP contribution in [0.15, 0.2) is 30.3 Å². The molecular weight excluding hydrogens is 236 g/mol. The van der Waals surface area contributed by atoms with E-state index in [1.165, 1.54) is 0 Å². The maximum atomic E-state index is 11.8. The highest BCUT2D eigenvalue weighted by Crippen LogP contribution is 2.14. The Balaban J connectivity index is 2.08. The Labute approximate surface area is 103 Å². The zero-order valence-electron chi connectivity index (χ0n) is 9.57. The van der Waals surface area contributed by atoms with Crippen molar-refractivity contribution in [3.63, 3.8) is 0 Å². The van der Waals surface area contributed by atoms with Gasteiger partial charge >= 0.3 is 12.0 Å². The van der Waals surface area contributed by atoms with Gasteiger partial charge in [0.25, 0.3) is 5.91 Å². The van der Waals surface area contributed by atoms with Gasteiger partial charge in [0.15, 0.2) is 0 Å². The normalized spacial score (nSPS) is 15.3. The number of nitrogens with zero attached hydrogens (tertiary/aromatic N) is 2. The molecule has 0 aromatic heterocycles. The number of amides is 3. The Hall–Kier alpha value is -2.37. The van der Waals surface area contributed by atoms with Gasteiger partial charge in [0.1, 0.15) is 13.1 Å². The fourth-order valence-corrected chi connectivity index (χ4v) is 1.80. The second kappa shape index (κ2) is 4.87. The average molecular weight is 248 g/mol. The van der Waals surface area contributed by atoms with Crippen LogP contribution in [0.4, 0.5) is 4.79 Å². The number of carboxylic acid groups (broad SMARTS) is 1. The summed E-state index contributed by atoms with van der Waals surface area (Å²) in [6.45, 7) is -0.442. The van der Waals surface area contributed by atoms with Crippen LogP contribution in [-0.2, 0) is 16.1 Å². The van der Waals surface area contributed by atoms with Crippen LogP contribution in [0.1, 0.15) is 5.56 Å². The van der Waals surface area contributed by atoms with Gasteiger partial charge in [-0.15, -0.1) is 0 Å². The molecule has 18 heavy (non-hydrogen) atoms. The molecule has 1 aromatic rings. The molecule has 2 rings (SSSR count). The molecule has 0 radical (unpaired) electrons. The van der Waals surface area contributed by atoms with Gasteiger partial charge in [-0.1, -0.05) is 30.3 Å². The molecule has 0 saturated carbocycles. The lowest BCUT2D eigenvalue weighted by molar-refractivity contribution is -0.137. The van der Waals surface area contributed by atoms with E-state index in [9.17, 15) is 14.4 Å². The van der Waals surface area contributed by atoms with E-state index in [0.717, 1.165) is 15.4 Å². The predicted molar refractivity (Wildman–Crippen MR) is 61.6 cm³/mol. The monoisotopic (exact) mass is 248 g/mol. The van der Waals surface area contributed by atoms with Gasteiger partial charge < -0.3 is 10.0 Å². The van der Waals surface area contributed by atoms with Gasteiger partial charge in [0.05, 0.1) is 6.54 Å². The number of carbonyl (C=O) groups is 3. The Morgan fingerprint density at radius 2 is 1.89 bits per heavy atom.